The Balaban J connectivity index is 1.61. The van der Waals surface area contributed by atoms with Crippen molar-refractivity contribution in [2.45, 2.75) is 33.6 Å². The predicted molar refractivity (Wildman–Crippen MR) is 110 cm³/mol. The number of carbonyl (C=O) groups is 1. The third-order valence-corrected chi connectivity index (χ3v) is 5.21. The Labute approximate surface area is 161 Å². The van der Waals surface area contributed by atoms with E-state index in [1.165, 1.54) is 24.7 Å². The van der Waals surface area contributed by atoms with Gasteiger partial charge in [0.05, 0.1) is 12.4 Å². The average molecular weight is 367 g/mol. The zero-order valence-electron chi connectivity index (χ0n) is 16.5. The van der Waals surface area contributed by atoms with E-state index in [9.17, 15) is 4.79 Å². The van der Waals surface area contributed by atoms with Crippen LogP contribution in [0.1, 0.15) is 44.1 Å². The van der Waals surface area contributed by atoms with Crippen molar-refractivity contribution < 1.29 is 4.79 Å². The van der Waals surface area contributed by atoms with Crippen LogP contribution < -0.4 is 10.2 Å². The van der Waals surface area contributed by atoms with Crippen molar-refractivity contribution in [1.82, 2.24) is 14.9 Å². The molecule has 0 bridgehead atoms. The van der Waals surface area contributed by atoms with Gasteiger partial charge < -0.3 is 15.1 Å². The topological polar surface area (TPSA) is 61.4 Å². The van der Waals surface area contributed by atoms with Crippen molar-refractivity contribution >= 4 is 23.1 Å². The van der Waals surface area contributed by atoms with Gasteiger partial charge in [-0.15, -0.1) is 0 Å². The summed E-state index contributed by atoms with van der Waals surface area (Å²) in [4.78, 5) is 25.1. The second-order valence-electron chi connectivity index (χ2n) is 7.11. The van der Waals surface area contributed by atoms with Crippen molar-refractivity contribution in [3.63, 3.8) is 0 Å². The molecule has 1 aromatic carbocycles. The molecule has 1 aromatic heterocycles. The first-order valence-electron chi connectivity index (χ1n) is 9.84. The molecule has 1 aliphatic heterocycles. The van der Waals surface area contributed by atoms with Gasteiger partial charge in [-0.3, -0.25) is 4.79 Å². The van der Waals surface area contributed by atoms with Crippen LogP contribution in [0.4, 0.5) is 17.2 Å². The van der Waals surface area contributed by atoms with Gasteiger partial charge in [0.2, 0.25) is 0 Å². The molecule has 2 heterocycles. The quantitative estimate of drug-likeness (QED) is 0.838. The summed E-state index contributed by atoms with van der Waals surface area (Å²) in [6, 6.07) is 8.40. The molecule has 0 atom stereocenters. The van der Waals surface area contributed by atoms with Gasteiger partial charge in [-0.1, -0.05) is 6.92 Å². The van der Waals surface area contributed by atoms with Crippen LogP contribution in [-0.2, 0) is 0 Å². The SMILES string of the molecule is CCN(CC)C(=O)c1cnc(Nc2ccc(N3CCC(C)CC3)cc2)cn1. The van der Waals surface area contributed by atoms with E-state index in [1.54, 1.807) is 11.1 Å². The molecular formula is C21H29N5O. The highest BCUT2D eigenvalue weighted by Gasteiger charge is 2.16. The van der Waals surface area contributed by atoms with Crippen LogP contribution >= 0.6 is 0 Å². The highest BCUT2D eigenvalue weighted by atomic mass is 16.2. The molecule has 0 spiro atoms. The van der Waals surface area contributed by atoms with Crippen LogP contribution in [0.2, 0.25) is 0 Å². The van der Waals surface area contributed by atoms with Crippen molar-refractivity contribution in [2.75, 3.05) is 36.4 Å². The number of hydrogen-bond donors (Lipinski definition) is 1. The number of anilines is 3. The highest BCUT2D eigenvalue weighted by molar-refractivity contribution is 5.92. The number of nitrogens with one attached hydrogen (secondary N) is 1. The van der Waals surface area contributed by atoms with Crippen LogP contribution in [0.15, 0.2) is 36.7 Å². The molecule has 0 unspecified atom stereocenters. The Hall–Kier alpha value is -2.63. The molecule has 144 valence electrons. The lowest BCUT2D eigenvalue weighted by Crippen LogP contribution is -2.32. The fourth-order valence-corrected chi connectivity index (χ4v) is 3.35. The molecule has 0 radical (unpaired) electrons. The Morgan fingerprint density at radius 1 is 1.11 bits per heavy atom. The highest BCUT2D eigenvalue weighted by Crippen LogP contribution is 2.25. The van der Waals surface area contributed by atoms with Gasteiger partial charge in [0.15, 0.2) is 0 Å². The van der Waals surface area contributed by atoms with Gasteiger partial charge >= 0.3 is 0 Å². The van der Waals surface area contributed by atoms with E-state index >= 15 is 0 Å². The smallest absolute Gasteiger partial charge is 0.274 e. The van der Waals surface area contributed by atoms with Crippen LogP contribution in [0, 0.1) is 5.92 Å². The molecule has 1 fully saturated rings. The minimum atomic E-state index is -0.0840. The lowest BCUT2D eigenvalue weighted by molar-refractivity contribution is 0.0766. The summed E-state index contributed by atoms with van der Waals surface area (Å²) in [5.74, 6) is 1.38. The number of rotatable bonds is 6. The minimum absolute atomic E-state index is 0.0840. The van der Waals surface area contributed by atoms with E-state index in [1.807, 2.05) is 13.8 Å². The van der Waals surface area contributed by atoms with Crippen molar-refractivity contribution in [1.29, 1.82) is 0 Å². The monoisotopic (exact) mass is 367 g/mol. The average Bonchev–Trinajstić information content (AvgIpc) is 2.71. The number of piperidine rings is 1. The maximum atomic E-state index is 12.3. The number of benzene rings is 1. The molecule has 1 aliphatic rings. The largest absolute Gasteiger partial charge is 0.372 e. The van der Waals surface area contributed by atoms with Crippen LogP contribution in [0.25, 0.3) is 0 Å². The summed E-state index contributed by atoms with van der Waals surface area (Å²) in [5, 5.41) is 3.25. The number of carbonyl (C=O) groups excluding carboxylic acids is 1. The number of amides is 1. The molecule has 2 aromatic rings. The maximum absolute atomic E-state index is 12.3. The van der Waals surface area contributed by atoms with Crippen LogP contribution in [0.5, 0.6) is 0 Å². The van der Waals surface area contributed by atoms with Crippen LogP contribution in [-0.4, -0.2) is 47.0 Å². The van der Waals surface area contributed by atoms with E-state index in [0.717, 1.165) is 24.7 Å². The summed E-state index contributed by atoms with van der Waals surface area (Å²) in [5.41, 5.74) is 2.60. The molecule has 0 aliphatic carbocycles. The second-order valence-corrected chi connectivity index (χ2v) is 7.11. The first-order valence-corrected chi connectivity index (χ1v) is 9.84. The third kappa shape index (κ3) is 4.76. The van der Waals surface area contributed by atoms with E-state index in [-0.39, 0.29) is 5.91 Å². The lowest BCUT2D eigenvalue weighted by Gasteiger charge is -2.32. The van der Waals surface area contributed by atoms with Gasteiger partial charge in [0.1, 0.15) is 11.5 Å². The van der Waals surface area contributed by atoms with E-state index < -0.39 is 0 Å². The van der Waals surface area contributed by atoms with E-state index in [2.05, 4.69) is 51.4 Å². The lowest BCUT2D eigenvalue weighted by atomic mass is 9.99. The molecule has 1 N–H and O–H groups in total. The molecule has 1 saturated heterocycles. The maximum Gasteiger partial charge on any atom is 0.274 e. The van der Waals surface area contributed by atoms with Crippen molar-refractivity contribution in [3.8, 4) is 0 Å². The van der Waals surface area contributed by atoms with Gasteiger partial charge in [0.25, 0.3) is 5.91 Å². The molecule has 3 rings (SSSR count). The van der Waals surface area contributed by atoms with Gasteiger partial charge in [-0.05, 0) is 56.9 Å². The summed E-state index contributed by atoms with van der Waals surface area (Å²) in [6.07, 6.45) is 5.66. The Kier molecular flexibility index (Phi) is 6.27. The zero-order valence-corrected chi connectivity index (χ0v) is 16.5. The molecule has 27 heavy (non-hydrogen) atoms. The Bertz CT molecular complexity index is 732. The van der Waals surface area contributed by atoms with Crippen molar-refractivity contribution in [3.05, 3.63) is 42.4 Å². The van der Waals surface area contributed by atoms with Crippen LogP contribution in [0.3, 0.4) is 0 Å². The standard InChI is InChI=1S/C21H29N5O/c1-4-25(5-2)21(27)19-14-23-20(15-22-19)24-17-6-8-18(9-7-17)26-12-10-16(3)11-13-26/h6-9,14-16H,4-5,10-13H2,1-3H3,(H,23,24). The fourth-order valence-electron chi connectivity index (χ4n) is 3.35. The minimum Gasteiger partial charge on any atom is -0.372 e. The van der Waals surface area contributed by atoms with Crippen molar-refractivity contribution in [2.24, 2.45) is 5.92 Å². The molecular weight excluding hydrogens is 338 g/mol. The molecule has 1 amide bonds. The van der Waals surface area contributed by atoms with Gasteiger partial charge in [-0.2, -0.15) is 0 Å². The second kappa shape index (κ2) is 8.84. The number of hydrogen-bond acceptors (Lipinski definition) is 5. The first-order chi connectivity index (χ1) is 13.1. The Morgan fingerprint density at radius 2 is 1.78 bits per heavy atom. The van der Waals surface area contributed by atoms with Gasteiger partial charge in [-0.25, -0.2) is 9.97 Å². The van der Waals surface area contributed by atoms with Gasteiger partial charge in [0, 0.05) is 37.6 Å². The molecule has 6 heteroatoms. The molecule has 0 saturated carbocycles. The number of aromatic nitrogens is 2. The summed E-state index contributed by atoms with van der Waals surface area (Å²) < 4.78 is 0. The summed E-state index contributed by atoms with van der Waals surface area (Å²) >= 11 is 0. The first kappa shape index (κ1) is 19.1. The molecule has 6 nitrogen and oxygen atoms in total. The number of nitrogens with zero attached hydrogens (tertiary/aromatic N) is 4. The Morgan fingerprint density at radius 3 is 2.33 bits per heavy atom. The fraction of sp³-hybridized carbons (Fsp3) is 0.476. The van der Waals surface area contributed by atoms with E-state index in [4.69, 9.17) is 0 Å². The third-order valence-electron chi connectivity index (χ3n) is 5.21. The van der Waals surface area contributed by atoms with E-state index in [0.29, 0.717) is 24.6 Å². The normalized spacial score (nSPS) is 14.9. The summed E-state index contributed by atoms with van der Waals surface area (Å²) in [6.45, 7) is 9.82. The predicted octanol–water partition coefficient (Wildman–Crippen LogP) is 3.94. The zero-order chi connectivity index (χ0) is 19.2. The summed E-state index contributed by atoms with van der Waals surface area (Å²) in [7, 11) is 0.